The molecular weight excluding hydrogens is 252 g/mol. The van der Waals surface area contributed by atoms with Crippen LogP contribution < -0.4 is 4.74 Å². The quantitative estimate of drug-likeness (QED) is 0.618. The fourth-order valence-corrected chi connectivity index (χ4v) is 2.37. The first kappa shape index (κ1) is 12.4. The molecule has 0 spiro atoms. The standard InChI is InChI=1S/C17H12O3/c1-20-15-9-5-2-6-11(15)10-14-12-7-3-4-8-13(12)16(18)17(14)19/h2-10H,1H3/b14-10+. The summed E-state index contributed by atoms with van der Waals surface area (Å²) < 4.78 is 5.26. The van der Waals surface area contributed by atoms with Crippen LogP contribution in [0.5, 0.6) is 5.75 Å². The van der Waals surface area contributed by atoms with E-state index in [1.54, 1.807) is 31.4 Å². The van der Waals surface area contributed by atoms with Crippen LogP contribution in [0.4, 0.5) is 0 Å². The van der Waals surface area contributed by atoms with Crippen LogP contribution in [-0.4, -0.2) is 18.7 Å². The Morgan fingerprint density at radius 1 is 0.850 bits per heavy atom. The largest absolute Gasteiger partial charge is 0.496 e. The Kier molecular flexibility index (Phi) is 2.95. The average molecular weight is 264 g/mol. The molecule has 0 unspecified atom stereocenters. The number of ketones is 2. The summed E-state index contributed by atoms with van der Waals surface area (Å²) in [5, 5.41) is 0. The highest BCUT2D eigenvalue weighted by molar-refractivity contribution is 6.64. The third-order valence-electron chi connectivity index (χ3n) is 3.35. The summed E-state index contributed by atoms with van der Waals surface area (Å²) in [6.07, 6.45) is 1.71. The first-order valence-electron chi connectivity index (χ1n) is 6.25. The lowest BCUT2D eigenvalue weighted by Crippen LogP contribution is -2.05. The Labute approximate surface area is 116 Å². The maximum atomic E-state index is 12.1. The number of allylic oxidation sites excluding steroid dienone is 1. The maximum Gasteiger partial charge on any atom is 0.234 e. The minimum absolute atomic E-state index is 0.426. The van der Waals surface area contributed by atoms with Crippen molar-refractivity contribution in [3.63, 3.8) is 0 Å². The Morgan fingerprint density at radius 3 is 2.25 bits per heavy atom. The van der Waals surface area contributed by atoms with Crippen LogP contribution in [-0.2, 0) is 4.79 Å². The van der Waals surface area contributed by atoms with Crippen molar-refractivity contribution in [1.82, 2.24) is 0 Å². The highest BCUT2D eigenvalue weighted by Gasteiger charge is 2.32. The predicted octanol–water partition coefficient (Wildman–Crippen LogP) is 3.00. The van der Waals surface area contributed by atoms with Crippen molar-refractivity contribution in [3.05, 3.63) is 65.2 Å². The number of benzene rings is 2. The fraction of sp³-hybridized carbons (Fsp3) is 0.0588. The molecule has 2 aromatic rings. The lowest BCUT2D eigenvalue weighted by molar-refractivity contribution is -0.109. The molecule has 0 radical (unpaired) electrons. The van der Waals surface area contributed by atoms with Gasteiger partial charge < -0.3 is 4.74 Å². The summed E-state index contributed by atoms with van der Waals surface area (Å²) in [4.78, 5) is 24.0. The van der Waals surface area contributed by atoms with E-state index < -0.39 is 11.6 Å². The average Bonchev–Trinajstić information content (AvgIpc) is 2.73. The summed E-state index contributed by atoms with van der Waals surface area (Å²) in [6, 6.07) is 14.4. The molecule has 0 saturated carbocycles. The molecule has 3 heteroatoms. The SMILES string of the molecule is COc1ccccc1/C=C1/C(=O)C(=O)c2ccccc21. The van der Waals surface area contributed by atoms with Gasteiger partial charge >= 0.3 is 0 Å². The van der Waals surface area contributed by atoms with E-state index in [0.29, 0.717) is 22.4 Å². The molecule has 0 bridgehead atoms. The molecule has 0 amide bonds. The van der Waals surface area contributed by atoms with Crippen molar-refractivity contribution in [2.75, 3.05) is 7.11 Å². The third-order valence-corrected chi connectivity index (χ3v) is 3.35. The maximum absolute atomic E-state index is 12.1. The second-order valence-corrected chi connectivity index (χ2v) is 4.50. The van der Waals surface area contributed by atoms with Gasteiger partial charge in [0.1, 0.15) is 5.75 Å². The van der Waals surface area contributed by atoms with Gasteiger partial charge in [-0.25, -0.2) is 0 Å². The Balaban J connectivity index is 2.17. The number of ether oxygens (including phenoxy) is 1. The van der Waals surface area contributed by atoms with E-state index in [1.807, 2.05) is 30.3 Å². The summed E-state index contributed by atoms with van der Waals surface area (Å²) in [7, 11) is 1.58. The Bertz CT molecular complexity index is 741. The van der Waals surface area contributed by atoms with Crippen molar-refractivity contribution < 1.29 is 14.3 Å². The summed E-state index contributed by atoms with van der Waals surface area (Å²) in [6.45, 7) is 0. The molecule has 1 aliphatic rings. The van der Waals surface area contributed by atoms with Crippen molar-refractivity contribution in [1.29, 1.82) is 0 Å². The molecule has 3 nitrogen and oxygen atoms in total. The number of rotatable bonds is 2. The van der Waals surface area contributed by atoms with E-state index in [0.717, 1.165) is 5.56 Å². The van der Waals surface area contributed by atoms with Gasteiger partial charge in [0.15, 0.2) is 0 Å². The van der Waals surface area contributed by atoms with Crippen LogP contribution in [0.25, 0.3) is 11.6 Å². The lowest BCUT2D eigenvalue weighted by Gasteiger charge is -2.05. The number of carbonyl (C=O) groups excluding carboxylic acids is 2. The van der Waals surface area contributed by atoms with Gasteiger partial charge in [0.05, 0.1) is 7.11 Å². The van der Waals surface area contributed by atoms with Gasteiger partial charge in [-0.2, -0.15) is 0 Å². The summed E-state index contributed by atoms with van der Waals surface area (Å²) in [5.41, 5.74) is 2.37. The van der Waals surface area contributed by atoms with E-state index in [1.165, 1.54) is 0 Å². The first-order chi connectivity index (χ1) is 9.72. The van der Waals surface area contributed by atoms with E-state index in [9.17, 15) is 9.59 Å². The molecule has 0 aromatic heterocycles. The van der Waals surface area contributed by atoms with E-state index in [2.05, 4.69) is 0 Å². The molecule has 0 N–H and O–H groups in total. The lowest BCUT2D eigenvalue weighted by atomic mass is 10.0. The van der Waals surface area contributed by atoms with Crippen LogP contribution >= 0.6 is 0 Å². The van der Waals surface area contributed by atoms with E-state index in [-0.39, 0.29) is 0 Å². The molecule has 3 rings (SSSR count). The van der Waals surface area contributed by atoms with Crippen molar-refractivity contribution >= 4 is 23.2 Å². The highest BCUT2D eigenvalue weighted by atomic mass is 16.5. The molecular formula is C17H12O3. The van der Waals surface area contributed by atoms with Gasteiger partial charge in [-0.05, 0) is 17.7 Å². The van der Waals surface area contributed by atoms with Crippen LogP contribution in [0.2, 0.25) is 0 Å². The molecule has 98 valence electrons. The highest BCUT2D eigenvalue weighted by Crippen LogP contribution is 2.32. The van der Waals surface area contributed by atoms with Gasteiger partial charge in [-0.1, -0.05) is 42.5 Å². The van der Waals surface area contributed by atoms with Gasteiger partial charge in [0, 0.05) is 16.7 Å². The predicted molar refractivity (Wildman–Crippen MR) is 76.6 cm³/mol. The molecule has 1 aliphatic carbocycles. The van der Waals surface area contributed by atoms with Crippen LogP contribution in [0.1, 0.15) is 21.5 Å². The fourth-order valence-electron chi connectivity index (χ4n) is 2.37. The summed E-state index contributed by atoms with van der Waals surface area (Å²) >= 11 is 0. The molecule has 0 fully saturated rings. The second-order valence-electron chi connectivity index (χ2n) is 4.50. The Morgan fingerprint density at radius 2 is 1.50 bits per heavy atom. The minimum Gasteiger partial charge on any atom is -0.496 e. The molecule has 0 atom stereocenters. The zero-order valence-corrected chi connectivity index (χ0v) is 10.9. The topological polar surface area (TPSA) is 43.4 Å². The van der Waals surface area contributed by atoms with Crippen molar-refractivity contribution in [3.8, 4) is 5.75 Å². The zero-order chi connectivity index (χ0) is 14.1. The second kappa shape index (κ2) is 4.78. The number of fused-ring (bicyclic) bond motifs is 1. The van der Waals surface area contributed by atoms with Gasteiger partial charge in [-0.3, -0.25) is 9.59 Å². The van der Waals surface area contributed by atoms with Gasteiger partial charge in [0.25, 0.3) is 0 Å². The normalized spacial score (nSPS) is 15.6. The number of hydrogen-bond acceptors (Lipinski definition) is 3. The smallest absolute Gasteiger partial charge is 0.234 e. The van der Waals surface area contributed by atoms with Gasteiger partial charge in [-0.15, -0.1) is 0 Å². The molecule has 0 heterocycles. The Hall–Kier alpha value is -2.68. The van der Waals surface area contributed by atoms with Crippen molar-refractivity contribution in [2.24, 2.45) is 0 Å². The number of hydrogen-bond donors (Lipinski definition) is 0. The number of para-hydroxylation sites is 1. The van der Waals surface area contributed by atoms with Crippen LogP contribution in [0.3, 0.4) is 0 Å². The van der Waals surface area contributed by atoms with Crippen molar-refractivity contribution in [2.45, 2.75) is 0 Å². The molecule has 0 aliphatic heterocycles. The number of Topliss-reactive ketones (excluding diaryl/α,β-unsaturated/α-hetero) is 2. The van der Waals surface area contributed by atoms with E-state index in [4.69, 9.17) is 4.74 Å². The molecule has 0 saturated heterocycles. The zero-order valence-electron chi connectivity index (χ0n) is 10.9. The van der Waals surface area contributed by atoms with Gasteiger partial charge in [0.2, 0.25) is 11.6 Å². The number of methoxy groups -OCH3 is 1. The summed E-state index contributed by atoms with van der Waals surface area (Å²) in [5.74, 6) is -0.233. The number of carbonyl (C=O) groups is 2. The monoisotopic (exact) mass is 264 g/mol. The van der Waals surface area contributed by atoms with E-state index >= 15 is 0 Å². The molecule has 20 heavy (non-hydrogen) atoms. The minimum atomic E-state index is -0.461. The van der Waals surface area contributed by atoms with Crippen LogP contribution in [0, 0.1) is 0 Å². The van der Waals surface area contributed by atoms with Crippen LogP contribution in [0.15, 0.2) is 48.5 Å². The molecule has 2 aromatic carbocycles. The third kappa shape index (κ3) is 1.84. The first-order valence-corrected chi connectivity index (χ1v) is 6.25.